The van der Waals surface area contributed by atoms with Gasteiger partial charge in [-0.1, -0.05) is 77.9 Å². The van der Waals surface area contributed by atoms with Gasteiger partial charge in [0.05, 0.1) is 28.5 Å². The fraction of sp³-hybridized carbons (Fsp3) is 0.256. The van der Waals surface area contributed by atoms with E-state index in [-0.39, 0.29) is 16.6 Å². The van der Waals surface area contributed by atoms with E-state index in [2.05, 4.69) is 107 Å². The Kier molecular flexibility index (Phi) is 7.16. The standard InChI is InChI=1S/C39H40N4O/c1-24-16-32(35(44)23-41-24)37-42-36-31(12-11-14-34(36)43(37)8)27-17-25(18-28(19-27)33-13-9-10-15-40-33)26-20-29(38(2,3)4)22-30(21-26)39(5,6)7/h9-23,44H,1-8H3. The summed E-state index contributed by atoms with van der Waals surface area (Å²) in [5.74, 6) is 0.813. The Morgan fingerprint density at radius 1 is 0.659 bits per heavy atom. The van der Waals surface area contributed by atoms with Crippen molar-refractivity contribution in [2.45, 2.75) is 59.3 Å². The first-order chi connectivity index (χ1) is 20.8. The van der Waals surface area contributed by atoms with Crippen molar-refractivity contribution in [1.82, 2.24) is 19.5 Å². The molecule has 6 aromatic rings. The molecule has 0 saturated heterocycles. The maximum atomic E-state index is 10.7. The molecule has 3 aromatic carbocycles. The van der Waals surface area contributed by atoms with Crippen molar-refractivity contribution in [2.24, 2.45) is 7.05 Å². The highest BCUT2D eigenvalue weighted by molar-refractivity contribution is 5.96. The Bertz CT molecular complexity index is 1980. The number of rotatable bonds is 4. The first kappa shape index (κ1) is 29.3. The van der Waals surface area contributed by atoms with Crippen molar-refractivity contribution in [3.8, 4) is 50.6 Å². The van der Waals surface area contributed by atoms with Crippen LogP contribution in [0.3, 0.4) is 0 Å². The minimum absolute atomic E-state index is 0.00423. The van der Waals surface area contributed by atoms with Crippen LogP contribution in [0.5, 0.6) is 5.75 Å². The van der Waals surface area contributed by atoms with Crippen LogP contribution in [0.4, 0.5) is 0 Å². The molecule has 0 aliphatic heterocycles. The van der Waals surface area contributed by atoms with Crippen molar-refractivity contribution < 1.29 is 5.11 Å². The Hall–Kier alpha value is -4.77. The number of aromatic hydroxyl groups is 1. The Labute approximate surface area is 260 Å². The average molecular weight is 581 g/mol. The van der Waals surface area contributed by atoms with Crippen molar-refractivity contribution >= 4 is 11.0 Å². The molecule has 0 amide bonds. The number of nitrogens with zero attached hydrogens (tertiary/aromatic N) is 4. The second-order valence-electron chi connectivity index (χ2n) is 13.8. The Balaban J connectivity index is 1.62. The predicted molar refractivity (Wildman–Crippen MR) is 182 cm³/mol. The first-order valence-corrected chi connectivity index (χ1v) is 15.1. The maximum Gasteiger partial charge on any atom is 0.144 e. The van der Waals surface area contributed by atoms with Gasteiger partial charge < -0.3 is 9.67 Å². The van der Waals surface area contributed by atoms with Gasteiger partial charge >= 0.3 is 0 Å². The van der Waals surface area contributed by atoms with Crippen LogP contribution in [0.2, 0.25) is 0 Å². The zero-order valence-electron chi connectivity index (χ0n) is 26.9. The lowest BCUT2D eigenvalue weighted by Gasteiger charge is -2.26. The molecule has 0 aliphatic carbocycles. The SMILES string of the molecule is Cc1cc(-c2nc3c(-c4cc(-c5cc(C(C)(C)C)cc(C(C)(C)C)c5)cc(-c5ccccn5)c4)cccc3n2C)c(O)cn1. The van der Waals surface area contributed by atoms with Gasteiger partial charge in [-0.15, -0.1) is 0 Å². The van der Waals surface area contributed by atoms with Crippen LogP contribution in [0.25, 0.3) is 55.9 Å². The number of aryl methyl sites for hydroxylation is 2. The summed E-state index contributed by atoms with van der Waals surface area (Å²) in [6.07, 6.45) is 3.33. The van der Waals surface area contributed by atoms with Crippen LogP contribution in [0, 0.1) is 6.92 Å². The van der Waals surface area contributed by atoms with Crippen molar-refractivity contribution in [3.63, 3.8) is 0 Å². The molecule has 3 aromatic heterocycles. The van der Waals surface area contributed by atoms with Gasteiger partial charge in [-0.3, -0.25) is 9.97 Å². The van der Waals surface area contributed by atoms with Crippen molar-refractivity contribution in [3.05, 3.63) is 108 Å². The second-order valence-corrected chi connectivity index (χ2v) is 13.8. The molecule has 5 nitrogen and oxygen atoms in total. The predicted octanol–water partition coefficient (Wildman–Crippen LogP) is 9.64. The molecule has 0 fully saturated rings. The van der Waals surface area contributed by atoms with E-state index in [1.807, 2.05) is 42.9 Å². The zero-order chi connectivity index (χ0) is 31.4. The van der Waals surface area contributed by atoms with Gasteiger partial charge in [0, 0.05) is 30.1 Å². The molecule has 0 saturated carbocycles. The largest absolute Gasteiger partial charge is 0.506 e. The highest BCUT2D eigenvalue weighted by atomic mass is 16.3. The lowest BCUT2D eigenvalue weighted by atomic mass is 9.78. The van der Waals surface area contributed by atoms with Crippen molar-refractivity contribution in [2.75, 3.05) is 0 Å². The third kappa shape index (κ3) is 5.50. The highest BCUT2D eigenvalue weighted by Crippen LogP contribution is 2.40. The summed E-state index contributed by atoms with van der Waals surface area (Å²) in [6.45, 7) is 15.6. The molecule has 222 valence electrons. The van der Waals surface area contributed by atoms with Crippen LogP contribution in [-0.2, 0) is 17.9 Å². The summed E-state index contributed by atoms with van der Waals surface area (Å²) >= 11 is 0. The minimum atomic E-state index is 0.00423. The number of hydrogen-bond donors (Lipinski definition) is 1. The zero-order valence-corrected chi connectivity index (χ0v) is 26.9. The fourth-order valence-corrected chi connectivity index (χ4v) is 5.71. The van der Waals surface area contributed by atoms with E-state index in [4.69, 9.17) is 9.97 Å². The summed E-state index contributed by atoms with van der Waals surface area (Å²) in [5.41, 5.74) is 12.4. The molecule has 3 heterocycles. The maximum absolute atomic E-state index is 10.7. The first-order valence-electron chi connectivity index (χ1n) is 15.1. The molecule has 0 aliphatic rings. The van der Waals surface area contributed by atoms with Crippen LogP contribution in [0.1, 0.15) is 58.4 Å². The van der Waals surface area contributed by atoms with E-state index < -0.39 is 0 Å². The highest BCUT2D eigenvalue weighted by Gasteiger charge is 2.22. The van der Waals surface area contributed by atoms with Gasteiger partial charge in [0.15, 0.2) is 0 Å². The normalized spacial score (nSPS) is 12.2. The average Bonchev–Trinajstić information content (AvgIpc) is 3.33. The summed E-state index contributed by atoms with van der Waals surface area (Å²) in [6, 6.07) is 28.0. The van der Waals surface area contributed by atoms with Crippen LogP contribution in [-0.4, -0.2) is 24.6 Å². The van der Waals surface area contributed by atoms with E-state index in [9.17, 15) is 5.11 Å². The number of pyridine rings is 2. The Morgan fingerprint density at radius 3 is 1.98 bits per heavy atom. The quantitative estimate of drug-likeness (QED) is 0.225. The molecule has 0 unspecified atom stereocenters. The van der Waals surface area contributed by atoms with Gasteiger partial charge in [0.2, 0.25) is 0 Å². The van der Waals surface area contributed by atoms with Crippen LogP contribution < -0.4 is 0 Å². The van der Waals surface area contributed by atoms with E-state index in [0.29, 0.717) is 11.4 Å². The van der Waals surface area contributed by atoms with Gasteiger partial charge in [-0.25, -0.2) is 4.98 Å². The van der Waals surface area contributed by atoms with Crippen LogP contribution >= 0.6 is 0 Å². The monoisotopic (exact) mass is 580 g/mol. The van der Waals surface area contributed by atoms with E-state index in [1.54, 1.807) is 0 Å². The fourth-order valence-electron chi connectivity index (χ4n) is 5.71. The van der Waals surface area contributed by atoms with Crippen LogP contribution in [0.15, 0.2) is 91.3 Å². The van der Waals surface area contributed by atoms with Gasteiger partial charge in [0.1, 0.15) is 11.6 Å². The minimum Gasteiger partial charge on any atom is -0.506 e. The smallest absolute Gasteiger partial charge is 0.144 e. The summed E-state index contributed by atoms with van der Waals surface area (Å²) in [4.78, 5) is 14.1. The second kappa shape index (κ2) is 10.7. The number of benzene rings is 3. The third-order valence-electron chi connectivity index (χ3n) is 8.38. The van der Waals surface area contributed by atoms with E-state index in [0.717, 1.165) is 44.7 Å². The number of para-hydroxylation sites is 1. The molecule has 0 bridgehead atoms. The molecular weight excluding hydrogens is 540 g/mol. The topological polar surface area (TPSA) is 63.8 Å². The number of imidazole rings is 1. The van der Waals surface area contributed by atoms with Gasteiger partial charge in [-0.05, 0) is 88.0 Å². The third-order valence-corrected chi connectivity index (χ3v) is 8.38. The molecule has 44 heavy (non-hydrogen) atoms. The Morgan fingerprint density at radius 2 is 1.32 bits per heavy atom. The summed E-state index contributed by atoms with van der Waals surface area (Å²) in [7, 11) is 1.99. The van der Waals surface area contributed by atoms with Crippen molar-refractivity contribution in [1.29, 1.82) is 0 Å². The van der Waals surface area contributed by atoms with Gasteiger partial charge in [-0.2, -0.15) is 0 Å². The lowest BCUT2D eigenvalue weighted by molar-refractivity contribution is 0.473. The van der Waals surface area contributed by atoms with Gasteiger partial charge in [0.25, 0.3) is 0 Å². The molecule has 6 rings (SSSR count). The molecule has 5 heteroatoms. The summed E-state index contributed by atoms with van der Waals surface area (Å²) in [5, 5.41) is 10.7. The van der Waals surface area contributed by atoms with E-state index >= 15 is 0 Å². The molecule has 1 N–H and O–H groups in total. The molecule has 0 radical (unpaired) electrons. The number of fused-ring (bicyclic) bond motifs is 1. The molecular formula is C39H40N4O. The number of aromatic nitrogens is 4. The number of hydrogen-bond acceptors (Lipinski definition) is 4. The summed E-state index contributed by atoms with van der Waals surface area (Å²) < 4.78 is 2.04. The van der Waals surface area contributed by atoms with E-state index in [1.165, 1.54) is 22.9 Å². The lowest BCUT2D eigenvalue weighted by Crippen LogP contribution is -2.16. The molecule has 0 atom stereocenters. The molecule has 0 spiro atoms.